The summed E-state index contributed by atoms with van der Waals surface area (Å²) in [6, 6.07) is 8.95. The lowest BCUT2D eigenvalue weighted by atomic mass is 9.98. The van der Waals surface area contributed by atoms with Crippen molar-refractivity contribution in [2.24, 2.45) is 0 Å². The summed E-state index contributed by atoms with van der Waals surface area (Å²) >= 11 is 0. The monoisotopic (exact) mass is 546 g/mol. The van der Waals surface area contributed by atoms with E-state index in [9.17, 15) is 14.2 Å². The van der Waals surface area contributed by atoms with Crippen molar-refractivity contribution in [2.45, 2.75) is 67.9 Å². The minimum Gasteiger partial charge on any atom is -0.346 e. The maximum atomic E-state index is 15.8. The molecule has 5 atom stereocenters. The van der Waals surface area contributed by atoms with Gasteiger partial charge < -0.3 is 4.74 Å². The number of aromatic amines is 1. The van der Waals surface area contributed by atoms with Crippen LogP contribution in [0.3, 0.4) is 0 Å². The van der Waals surface area contributed by atoms with Gasteiger partial charge in [0.05, 0.1) is 13.2 Å². The van der Waals surface area contributed by atoms with E-state index in [0.717, 1.165) is 27.3 Å². The lowest BCUT2D eigenvalue weighted by molar-refractivity contribution is -0.0724. The summed E-state index contributed by atoms with van der Waals surface area (Å²) in [7, 11) is -0.663. The molecular formula is C22H28FN2O7PS2. The van der Waals surface area contributed by atoms with Gasteiger partial charge in [0.2, 0.25) is 0 Å². The summed E-state index contributed by atoms with van der Waals surface area (Å²) in [5.41, 5.74) is -2.67. The van der Waals surface area contributed by atoms with Gasteiger partial charge in [-0.3, -0.25) is 27.9 Å². The first-order valence-electron chi connectivity index (χ1n) is 11.0. The molecule has 4 rings (SSSR count). The van der Waals surface area contributed by atoms with Crippen molar-refractivity contribution in [2.75, 3.05) is 13.2 Å². The van der Waals surface area contributed by atoms with Crippen LogP contribution in [0.25, 0.3) is 0 Å². The lowest BCUT2D eigenvalue weighted by Crippen LogP contribution is -2.46. The van der Waals surface area contributed by atoms with Gasteiger partial charge in [-0.05, 0) is 25.0 Å². The summed E-state index contributed by atoms with van der Waals surface area (Å²) in [4.78, 5) is 26.7. The van der Waals surface area contributed by atoms with E-state index in [2.05, 4.69) is 25.8 Å². The third-order valence-electron chi connectivity index (χ3n) is 5.40. The summed E-state index contributed by atoms with van der Waals surface area (Å²) < 4.78 is 52.0. The van der Waals surface area contributed by atoms with Crippen LogP contribution in [-0.2, 0) is 29.3 Å². The Bertz CT molecular complexity index is 1230. The van der Waals surface area contributed by atoms with Crippen LogP contribution in [0, 0.1) is 0 Å². The fourth-order valence-electron chi connectivity index (χ4n) is 3.75. The van der Waals surface area contributed by atoms with Crippen LogP contribution >= 0.6 is 29.4 Å². The molecule has 2 aromatic rings. The van der Waals surface area contributed by atoms with Gasteiger partial charge in [0.15, 0.2) is 11.9 Å². The number of benzene rings is 1. The number of nitrogens with one attached hydrogen (secondary N) is 1. The summed E-state index contributed by atoms with van der Waals surface area (Å²) in [5.74, 6) is 0. The van der Waals surface area contributed by atoms with E-state index in [1.807, 2.05) is 24.3 Å². The van der Waals surface area contributed by atoms with E-state index in [1.54, 1.807) is 21.6 Å². The molecule has 192 valence electrons. The summed E-state index contributed by atoms with van der Waals surface area (Å²) in [6.07, 6.45) is -2.01. The summed E-state index contributed by atoms with van der Waals surface area (Å²) in [6.45, 7) is 7.41. The molecule has 9 nitrogen and oxygen atoms in total. The zero-order valence-corrected chi connectivity index (χ0v) is 22.3. The molecule has 0 saturated carbocycles. The first kappa shape index (κ1) is 26.7. The molecular weight excluding hydrogens is 518 g/mol. The number of H-pyrrole nitrogens is 1. The topological polar surface area (TPSA) is 109 Å². The number of hydrogen-bond donors (Lipinski definition) is 1. The van der Waals surface area contributed by atoms with E-state index in [0.29, 0.717) is 6.42 Å². The molecule has 0 radical (unpaired) electrons. The molecule has 2 aliphatic rings. The van der Waals surface area contributed by atoms with Crippen LogP contribution in [0.5, 0.6) is 0 Å². The van der Waals surface area contributed by atoms with Crippen LogP contribution in [0.2, 0.25) is 0 Å². The maximum absolute atomic E-state index is 15.8. The quantitative estimate of drug-likeness (QED) is 0.397. The molecule has 1 aromatic carbocycles. The fraction of sp³-hybridized carbons (Fsp3) is 0.545. The first-order chi connectivity index (χ1) is 16.4. The highest BCUT2D eigenvalue weighted by Crippen LogP contribution is 2.59. The molecule has 0 spiro atoms. The number of fused-ring (bicyclic) bond motifs is 1. The molecule has 13 heteroatoms. The fourth-order valence-corrected chi connectivity index (χ4v) is 7.47. The highest BCUT2D eigenvalue weighted by Gasteiger charge is 2.61. The average Bonchev–Trinajstić information content (AvgIpc) is 3.02. The molecule has 3 heterocycles. The van der Waals surface area contributed by atoms with Crippen LogP contribution < -0.4 is 11.2 Å². The van der Waals surface area contributed by atoms with E-state index < -0.39 is 43.2 Å². The molecule has 1 aromatic heterocycles. The van der Waals surface area contributed by atoms with Gasteiger partial charge >= 0.3 is 13.5 Å². The Labute approximate surface area is 210 Å². The van der Waals surface area contributed by atoms with Crippen molar-refractivity contribution in [3.8, 4) is 0 Å². The van der Waals surface area contributed by atoms with Crippen LogP contribution in [0.4, 0.5) is 4.39 Å². The van der Waals surface area contributed by atoms with Crippen molar-refractivity contribution in [3.63, 3.8) is 0 Å². The van der Waals surface area contributed by atoms with Crippen molar-refractivity contribution in [1.29, 1.82) is 0 Å². The van der Waals surface area contributed by atoms with Crippen LogP contribution in [-0.4, -0.2) is 45.4 Å². The van der Waals surface area contributed by atoms with Gasteiger partial charge in [0.1, 0.15) is 12.2 Å². The van der Waals surface area contributed by atoms with Crippen molar-refractivity contribution in [3.05, 3.63) is 62.9 Å². The van der Waals surface area contributed by atoms with E-state index >= 15 is 4.39 Å². The SMILES string of the molecule is CC(C)(C)SSc1ccccc1CCOP1(=O)OC[C@H]2O[C@@H](n3ccc(=O)[nH]c3=O)[C@](C)(F)[C@@H]2O1. The second kappa shape index (κ2) is 10.2. The van der Waals surface area contributed by atoms with Gasteiger partial charge in [0.25, 0.3) is 5.56 Å². The average molecular weight is 547 g/mol. The molecule has 0 aliphatic carbocycles. The molecule has 2 fully saturated rings. The highest BCUT2D eigenvalue weighted by atomic mass is 33.1. The summed E-state index contributed by atoms with van der Waals surface area (Å²) in [5, 5.41) is 0. The van der Waals surface area contributed by atoms with E-state index in [-0.39, 0.29) is 18.0 Å². The van der Waals surface area contributed by atoms with Gasteiger partial charge in [-0.25, -0.2) is 13.8 Å². The van der Waals surface area contributed by atoms with Crippen molar-refractivity contribution >= 4 is 29.4 Å². The predicted molar refractivity (Wildman–Crippen MR) is 132 cm³/mol. The van der Waals surface area contributed by atoms with Gasteiger partial charge in [0, 0.05) is 21.9 Å². The number of ether oxygens (including phenoxy) is 1. The van der Waals surface area contributed by atoms with E-state index in [4.69, 9.17) is 18.3 Å². The third-order valence-corrected chi connectivity index (χ3v) is 10.3. The first-order valence-corrected chi connectivity index (χ1v) is 14.7. The zero-order valence-electron chi connectivity index (χ0n) is 19.8. The highest BCUT2D eigenvalue weighted by molar-refractivity contribution is 8.77. The minimum atomic E-state index is -4.07. The second-order valence-electron chi connectivity index (χ2n) is 9.43. The Kier molecular flexibility index (Phi) is 7.74. The smallest absolute Gasteiger partial charge is 0.346 e. The Balaban J connectivity index is 1.41. The molecule has 35 heavy (non-hydrogen) atoms. The number of aromatic nitrogens is 2. The molecule has 2 saturated heterocycles. The van der Waals surface area contributed by atoms with Crippen LogP contribution in [0.1, 0.15) is 39.5 Å². The van der Waals surface area contributed by atoms with Crippen molar-refractivity contribution < 1.29 is 27.3 Å². The third kappa shape index (κ3) is 6.12. The predicted octanol–water partition coefficient (Wildman–Crippen LogP) is 4.48. The van der Waals surface area contributed by atoms with E-state index in [1.165, 1.54) is 6.92 Å². The molecule has 0 bridgehead atoms. The molecule has 1 unspecified atom stereocenters. The zero-order chi connectivity index (χ0) is 25.4. The van der Waals surface area contributed by atoms with Crippen LogP contribution in [0.15, 0.2) is 51.0 Å². The molecule has 2 aliphatic heterocycles. The Morgan fingerprint density at radius 1 is 1.29 bits per heavy atom. The molecule has 0 amide bonds. The second-order valence-corrected chi connectivity index (χ2v) is 14.1. The number of alkyl halides is 1. The number of hydrogen-bond acceptors (Lipinski definition) is 9. The molecule has 1 N–H and O–H groups in total. The number of phosphoric acid groups is 1. The van der Waals surface area contributed by atoms with Gasteiger partial charge in [-0.1, -0.05) is 60.6 Å². The number of phosphoric ester groups is 1. The Morgan fingerprint density at radius 2 is 2.03 bits per heavy atom. The number of nitrogens with zero attached hydrogens (tertiary/aromatic N) is 1. The standard InChI is InChI=1S/C22H28FN2O7PS2/c1-21(2,3)35-34-16-8-6-5-7-14(16)10-12-29-33(28)30-13-15-18(32-33)22(4,23)19(31-15)25-11-9-17(26)24-20(25)27/h5-9,11,15,18-19H,10,12-13H2,1-4H3,(H,24,26,27)/t15-,18-,19-,22-,33?/m1/s1. The Morgan fingerprint density at radius 3 is 2.74 bits per heavy atom. The number of halogens is 1. The maximum Gasteiger partial charge on any atom is 0.475 e. The lowest BCUT2D eigenvalue weighted by Gasteiger charge is -2.33. The van der Waals surface area contributed by atoms with Gasteiger partial charge in [-0.2, -0.15) is 0 Å². The Hall–Kier alpha value is -1.40. The minimum absolute atomic E-state index is 0.0408. The van der Waals surface area contributed by atoms with Gasteiger partial charge in [-0.15, -0.1) is 0 Å². The van der Waals surface area contributed by atoms with Crippen molar-refractivity contribution in [1.82, 2.24) is 9.55 Å². The largest absolute Gasteiger partial charge is 0.475 e. The normalized spacial score (nSPS) is 30.8. The number of rotatable bonds is 7.